The van der Waals surface area contributed by atoms with E-state index in [0.717, 1.165) is 17.5 Å². The molecule has 0 saturated carbocycles. The summed E-state index contributed by atoms with van der Waals surface area (Å²) in [7, 11) is 0. The average Bonchev–Trinajstić information content (AvgIpc) is 2.60. The number of nitrogens with zero attached hydrogens (tertiary/aromatic N) is 1. The van der Waals surface area contributed by atoms with Crippen molar-refractivity contribution in [1.82, 2.24) is 4.98 Å². The molecule has 74 valence electrons. The van der Waals surface area contributed by atoms with Gasteiger partial charge in [0.2, 0.25) is 0 Å². The molecule has 0 fully saturated rings. The van der Waals surface area contributed by atoms with E-state index in [2.05, 4.69) is 4.98 Å². The largest absolute Gasteiger partial charge is 0.450 e. The van der Waals surface area contributed by atoms with E-state index >= 15 is 0 Å². The number of para-hydroxylation sites is 2. The predicted octanol–water partition coefficient (Wildman–Crippen LogP) is 1.56. The predicted molar refractivity (Wildman–Crippen MR) is 53.2 cm³/mol. The quantitative estimate of drug-likeness (QED) is 0.746. The Kier molecular flexibility index (Phi) is 2.65. The number of ether oxygens (including phenoxy) is 1. The molecule has 0 saturated heterocycles. The Hall–Kier alpha value is -1.55. The number of nitrogens with two attached hydrogens (primary N) is 1. The molecule has 1 heterocycles. The lowest BCUT2D eigenvalue weighted by Gasteiger charge is -1.97. The van der Waals surface area contributed by atoms with Gasteiger partial charge in [-0.05, 0) is 25.1 Å². The lowest BCUT2D eigenvalue weighted by molar-refractivity contribution is 0.235. The van der Waals surface area contributed by atoms with Crippen LogP contribution in [-0.2, 0) is 0 Å². The molecule has 1 aromatic carbocycles. The highest BCUT2D eigenvalue weighted by Gasteiger charge is 2.04. The van der Waals surface area contributed by atoms with Gasteiger partial charge < -0.3 is 14.9 Å². The van der Waals surface area contributed by atoms with Gasteiger partial charge >= 0.3 is 6.08 Å². The van der Waals surface area contributed by atoms with Gasteiger partial charge in [0.05, 0.1) is 6.61 Å². The highest BCUT2D eigenvalue weighted by atomic mass is 16.6. The van der Waals surface area contributed by atoms with Crippen LogP contribution in [0, 0.1) is 0 Å². The summed E-state index contributed by atoms with van der Waals surface area (Å²) in [5.41, 5.74) is 6.90. The minimum absolute atomic E-state index is 0.319. The van der Waals surface area contributed by atoms with Crippen molar-refractivity contribution in [3.05, 3.63) is 24.3 Å². The van der Waals surface area contributed by atoms with E-state index in [0.29, 0.717) is 19.2 Å². The van der Waals surface area contributed by atoms with Crippen molar-refractivity contribution in [3.63, 3.8) is 0 Å². The van der Waals surface area contributed by atoms with Crippen LogP contribution in [0.25, 0.3) is 11.1 Å². The highest BCUT2D eigenvalue weighted by Crippen LogP contribution is 2.19. The molecule has 2 N–H and O–H groups in total. The highest BCUT2D eigenvalue weighted by molar-refractivity contribution is 5.72. The molecule has 4 heteroatoms. The van der Waals surface area contributed by atoms with Crippen LogP contribution in [0.1, 0.15) is 6.42 Å². The van der Waals surface area contributed by atoms with E-state index in [9.17, 15) is 0 Å². The maximum atomic E-state index is 5.34. The SMILES string of the molecule is NCCCOc1nc2ccccc2o1. The molecular formula is C10H12N2O2. The number of aromatic nitrogens is 1. The molecule has 2 aromatic rings. The van der Waals surface area contributed by atoms with Crippen LogP contribution in [0.3, 0.4) is 0 Å². The molecule has 0 aliphatic carbocycles. The third-order valence-corrected chi connectivity index (χ3v) is 1.85. The molecule has 2 rings (SSSR count). The van der Waals surface area contributed by atoms with E-state index in [4.69, 9.17) is 14.9 Å². The van der Waals surface area contributed by atoms with Gasteiger partial charge in [-0.2, -0.15) is 4.98 Å². The molecule has 0 bridgehead atoms. The zero-order valence-electron chi connectivity index (χ0n) is 7.77. The fourth-order valence-electron chi connectivity index (χ4n) is 1.16. The van der Waals surface area contributed by atoms with Crippen LogP contribution in [0.4, 0.5) is 0 Å². The first-order chi connectivity index (χ1) is 6.90. The number of oxazole rings is 1. The zero-order chi connectivity index (χ0) is 9.80. The van der Waals surface area contributed by atoms with E-state index in [1.807, 2.05) is 24.3 Å². The molecular weight excluding hydrogens is 180 g/mol. The van der Waals surface area contributed by atoms with Crippen molar-refractivity contribution in [1.29, 1.82) is 0 Å². The summed E-state index contributed by atoms with van der Waals surface area (Å²) >= 11 is 0. The second-order valence-corrected chi connectivity index (χ2v) is 2.94. The van der Waals surface area contributed by atoms with Gasteiger partial charge in [-0.25, -0.2) is 0 Å². The van der Waals surface area contributed by atoms with Crippen LogP contribution < -0.4 is 10.5 Å². The summed E-state index contributed by atoms with van der Waals surface area (Å²) in [4.78, 5) is 4.15. The Labute approximate surface area is 81.7 Å². The van der Waals surface area contributed by atoms with Crippen molar-refractivity contribution in [2.45, 2.75) is 6.42 Å². The summed E-state index contributed by atoms with van der Waals surface area (Å²) in [5.74, 6) is 0. The number of fused-ring (bicyclic) bond motifs is 1. The van der Waals surface area contributed by atoms with E-state index in [-0.39, 0.29) is 0 Å². The van der Waals surface area contributed by atoms with Gasteiger partial charge in [0, 0.05) is 0 Å². The molecule has 0 radical (unpaired) electrons. The number of hydrogen-bond acceptors (Lipinski definition) is 4. The Morgan fingerprint density at radius 2 is 2.21 bits per heavy atom. The normalized spacial score (nSPS) is 10.6. The summed E-state index contributed by atoms with van der Waals surface area (Å²) in [6, 6.07) is 7.55. The molecule has 0 atom stereocenters. The Bertz CT molecular complexity index is 378. The first kappa shape index (κ1) is 9.02. The Balaban J connectivity index is 2.11. The smallest absolute Gasteiger partial charge is 0.394 e. The first-order valence-corrected chi connectivity index (χ1v) is 4.58. The van der Waals surface area contributed by atoms with Crippen LogP contribution >= 0.6 is 0 Å². The maximum absolute atomic E-state index is 5.34. The third kappa shape index (κ3) is 1.85. The molecule has 4 nitrogen and oxygen atoms in total. The Morgan fingerprint density at radius 3 is 3.00 bits per heavy atom. The summed E-state index contributed by atoms with van der Waals surface area (Å²) in [5, 5.41) is 0. The summed E-state index contributed by atoms with van der Waals surface area (Å²) in [6.07, 6.45) is 1.12. The lowest BCUT2D eigenvalue weighted by Crippen LogP contribution is -2.06. The van der Waals surface area contributed by atoms with Crippen molar-refractivity contribution in [2.75, 3.05) is 13.2 Å². The lowest BCUT2D eigenvalue weighted by atomic mass is 10.3. The van der Waals surface area contributed by atoms with Crippen molar-refractivity contribution in [3.8, 4) is 6.08 Å². The third-order valence-electron chi connectivity index (χ3n) is 1.85. The van der Waals surface area contributed by atoms with Gasteiger partial charge in [0.25, 0.3) is 0 Å². The fraction of sp³-hybridized carbons (Fsp3) is 0.300. The molecule has 14 heavy (non-hydrogen) atoms. The monoisotopic (exact) mass is 192 g/mol. The van der Waals surface area contributed by atoms with E-state index in [1.165, 1.54) is 0 Å². The van der Waals surface area contributed by atoms with Crippen molar-refractivity contribution in [2.24, 2.45) is 5.73 Å². The topological polar surface area (TPSA) is 61.3 Å². The van der Waals surface area contributed by atoms with Crippen LogP contribution in [0.5, 0.6) is 6.08 Å². The molecule has 0 unspecified atom stereocenters. The fourth-order valence-corrected chi connectivity index (χ4v) is 1.16. The number of benzene rings is 1. The van der Waals surface area contributed by atoms with Crippen LogP contribution in [0.2, 0.25) is 0 Å². The minimum Gasteiger partial charge on any atom is -0.450 e. The second kappa shape index (κ2) is 4.11. The number of hydrogen-bond donors (Lipinski definition) is 1. The maximum Gasteiger partial charge on any atom is 0.394 e. The molecule has 0 aliphatic rings. The molecule has 0 aliphatic heterocycles. The number of rotatable bonds is 4. The second-order valence-electron chi connectivity index (χ2n) is 2.94. The van der Waals surface area contributed by atoms with Crippen LogP contribution in [0.15, 0.2) is 28.7 Å². The van der Waals surface area contributed by atoms with Gasteiger partial charge in [0.1, 0.15) is 5.52 Å². The van der Waals surface area contributed by atoms with Gasteiger partial charge in [-0.15, -0.1) is 0 Å². The van der Waals surface area contributed by atoms with E-state index in [1.54, 1.807) is 0 Å². The van der Waals surface area contributed by atoms with Crippen molar-refractivity contribution >= 4 is 11.1 Å². The minimum atomic E-state index is 0.319. The first-order valence-electron chi connectivity index (χ1n) is 4.58. The standard InChI is InChI=1S/C10H12N2O2/c11-6-3-7-13-10-12-8-4-1-2-5-9(8)14-10/h1-2,4-5H,3,6-7,11H2. The molecule has 0 amide bonds. The van der Waals surface area contributed by atoms with Gasteiger partial charge in [-0.3, -0.25) is 0 Å². The van der Waals surface area contributed by atoms with Crippen LogP contribution in [-0.4, -0.2) is 18.1 Å². The molecule has 1 aromatic heterocycles. The van der Waals surface area contributed by atoms with Crippen molar-refractivity contribution < 1.29 is 9.15 Å². The molecule has 0 spiro atoms. The van der Waals surface area contributed by atoms with Gasteiger partial charge in [-0.1, -0.05) is 12.1 Å². The van der Waals surface area contributed by atoms with E-state index < -0.39 is 0 Å². The van der Waals surface area contributed by atoms with Gasteiger partial charge in [0.15, 0.2) is 5.58 Å². The zero-order valence-corrected chi connectivity index (χ0v) is 7.77. The Morgan fingerprint density at radius 1 is 1.36 bits per heavy atom. The summed E-state index contributed by atoms with van der Waals surface area (Å²) in [6.45, 7) is 1.16. The average molecular weight is 192 g/mol. The summed E-state index contributed by atoms with van der Waals surface area (Å²) < 4.78 is 10.6.